The molecular weight excluding hydrogens is 433 g/mol. The maximum Gasteiger partial charge on any atom is 0.257 e. The molecule has 0 spiro atoms. The van der Waals surface area contributed by atoms with Crippen molar-refractivity contribution in [2.45, 2.75) is 13.3 Å². The van der Waals surface area contributed by atoms with Crippen LogP contribution in [0.5, 0.6) is 5.75 Å². The number of nitrogens with two attached hydrogens (primary N) is 1. The Morgan fingerprint density at radius 2 is 2.00 bits per heavy atom. The minimum Gasteiger partial charge on any atom is -0.496 e. The van der Waals surface area contributed by atoms with Gasteiger partial charge < -0.3 is 20.3 Å². The third kappa shape index (κ3) is 5.28. The Bertz CT molecular complexity index is 789. The first-order valence-electron chi connectivity index (χ1n) is 7.97. The molecule has 7 nitrogen and oxygen atoms in total. The van der Waals surface area contributed by atoms with Crippen LogP contribution in [0.15, 0.2) is 12.1 Å². The third-order valence-electron chi connectivity index (χ3n) is 4.12. The molecule has 2 N–H and O–H groups in total. The SMILES string of the molecule is COc1cc(N)c(Cl)cc1C(=O)N1CCCN(c2nc(C)ns2)CC1.Cl.Cl. The van der Waals surface area contributed by atoms with E-state index in [1.54, 1.807) is 12.1 Å². The van der Waals surface area contributed by atoms with Crippen molar-refractivity contribution in [3.63, 3.8) is 0 Å². The topological polar surface area (TPSA) is 84.6 Å². The number of hydrogen-bond acceptors (Lipinski definition) is 7. The molecule has 3 rings (SSSR count). The summed E-state index contributed by atoms with van der Waals surface area (Å²) in [5.41, 5.74) is 6.62. The number of nitrogen functional groups attached to an aromatic ring is 1. The van der Waals surface area contributed by atoms with Crippen molar-refractivity contribution in [2.75, 3.05) is 43.9 Å². The van der Waals surface area contributed by atoms with Crippen LogP contribution in [0.3, 0.4) is 0 Å². The van der Waals surface area contributed by atoms with Crippen molar-refractivity contribution in [3.8, 4) is 5.75 Å². The maximum absolute atomic E-state index is 12.9. The van der Waals surface area contributed by atoms with Crippen molar-refractivity contribution < 1.29 is 9.53 Å². The standard InChI is InChI=1S/C16H20ClN5O2S.2ClH/c1-10-19-16(25-20-10)22-5-3-4-21(6-7-22)15(23)11-8-12(17)13(18)9-14(11)24-2;;/h8-9H,3-7,18H2,1-2H3;2*1H. The fourth-order valence-corrected chi connectivity index (χ4v) is 3.69. The predicted molar refractivity (Wildman–Crippen MR) is 114 cm³/mol. The smallest absolute Gasteiger partial charge is 0.257 e. The van der Waals surface area contributed by atoms with E-state index in [1.165, 1.54) is 18.6 Å². The molecule has 1 amide bonds. The van der Waals surface area contributed by atoms with Gasteiger partial charge in [-0.2, -0.15) is 4.37 Å². The quantitative estimate of drug-likeness (QED) is 0.716. The van der Waals surface area contributed by atoms with Gasteiger partial charge in [-0.3, -0.25) is 4.79 Å². The minimum absolute atomic E-state index is 0. The monoisotopic (exact) mass is 453 g/mol. The van der Waals surface area contributed by atoms with Crippen LogP contribution >= 0.6 is 47.9 Å². The van der Waals surface area contributed by atoms with Crippen molar-refractivity contribution in [1.29, 1.82) is 0 Å². The Labute approximate surface area is 179 Å². The molecule has 1 aliphatic heterocycles. The van der Waals surface area contributed by atoms with E-state index in [0.29, 0.717) is 41.7 Å². The highest BCUT2D eigenvalue weighted by atomic mass is 35.5. The lowest BCUT2D eigenvalue weighted by Crippen LogP contribution is -2.35. The van der Waals surface area contributed by atoms with E-state index in [2.05, 4.69) is 14.3 Å². The largest absolute Gasteiger partial charge is 0.496 e. The Morgan fingerprint density at radius 3 is 2.63 bits per heavy atom. The van der Waals surface area contributed by atoms with Gasteiger partial charge in [-0.25, -0.2) is 4.98 Å². The van der Waals surface area contributed by atoms with Crippen LogP contribution in [0.4, 0.5) is 10.8 Å². The lowest BCUT2D eigenvalue weighted by Gasteiger charge is -2.22. The van der Waals surface area contributed by atoms with E-state index in [1.807, 2.05) is 11.8 Å². The number of carbonyl (C=O) groups excluding carboxylic acids is 1. The van der Waals surface area contributed by atoms with Gasteiger partial charge in [0.05, 0.1) is 23.4 Å². The van der Waals surface area contributed by atoms with Gasteiger partial charge in [-0.1, -0.05) is 11.6 Å². The molecule has 1 aromatic heterocycles. The number of carbonyl (C=O) groups is 1. The molecule has 1 aromatic carbocycles. The van der Waals surface area contributed by atoms with E-state index in [-0.39, 0.29) is 30.7 Å². The highest BCUT2D eigenvalue weighted by Gasteiger charge is 2.24. The molecule has 2 aromatic rings. The fourth-order valence-electron chi connectivity index (χ4n) is 2.80. The fraction of sp³-hybridized carbons (Fsp3) is 0.438. The summed E-state index contributed by atoms with van der Waals surface area (Å²) in [6, 6.07) is 3.17. The Morgan fingerprint density at radius 1 is 1.26 bits per heavy atom. The lowest BCUT2D eigenvalue weighted by molar-refractivity contribution is 0.0763. The minimum atomic E-state index is -0.103. The van der Waals surface area contributed by atoms with Gasteiger partial charge in [0.15, 0.2) is 0 Å². The molecule has 1 saturated heterocycles. The van der Waals surface area contributed by atoms with Crippen LogP contribution in [-0.2, 0) is 0 Å². The molecule has 0 unspecified atom stereocenters. The van der Waals surface area contributed by atoms with Gasteiger partial charge >= 0.3 is 0 Å². The molecule has 1 aliphatic rings. The Hall–Kier alpha value is -1.48. The molecule has 2 heterocycles. The van der Waals surface area contributed by atoms with Gasteiger partial charge in [0.2, 0.25) is 5.13 Å². The number of ether oxygens (including phenoxy) is 1. The Kier molecular flexibility index (Phi) is 8.87. The van der Waals surface area contributed by atoms with Gasteiger partial charge in [-0.05, 0) is 19.4 Å². The van der Waals surface area contributed by atoms with Crippen LogP contribution in [0, 0.1) is 6.92 Å². The van der Waals surface area contributed by atoms with Gasteiger partial charge in [0, 0.05) is 43.8 Å². The molecule has 0 radical (unpaired) electrons. The summed E-state index contributed by atoms with van der Waals surface area (Å²) in [5, 5.41) is 1.25. The second-order valence-electron chi connectivity index (χ2n) is 5.83. The zero-order valence-electron chi connectivity index (χ0n) is 15.0. The van der Waals surface area contributed by atoms with Crippen LogP contribution in [0.25, 0.3) is 0 Å². The average Bonchev–Trinajstić information content (AvgIpc) is 2.89. The first-order chi connectivity index (χ1) is 12.0. The number of methoxy groups -OCH3 is 1. The molecule has 0 atom stereocenters. The summed E-state index contributed by atoms with van der Waals surface area (Å²) in [4.78, 5) is 21.4. The highest BCUT2D eigenvalue weighted by molar-refractivity contribution is 7.09. The summed E-state index contributed by atoms with van der Waals surface area (Å²) < 4.78 is 9.53. The van der Waals surface area contributed by atoms with Crippen molar-refractivity contribution in [1.82, 2.24) is 14.3 Å². The maximum atomic E-state index is 12.9. The summed E-state index contributed by atoms with van der Waals surface area (Å²) >= 11 is 7.48. The molecule has 1 fully saturated rings. The number of halogens is 3. The molecule has 11 heteroatoms. The molecule has 0 bridgehead atoms. The van der Waals surface area contributed by atoms with Crippen molar-refractivity contribution in [3.05, 3.63) is 28.5 Å². The molecular formula is C16H22Cl3N5O2S. The normalized spacial score (nSPS) is 14.0. The van der Waals surface area contributed by atoms with Crippen LogP contribution < -0.4 is 15.4 Å². The molecule has 0 saturated carbocycles. The lowest BCUT2D eigenvalue weighted by atomic mass is 10.1. The zero-order chi connectivity index (χ0) is 18.0. The van der Waals surface area contributed by atoms with Crippen molar-refractivity contribution >= 4 is 64.7 Å². The summed E-state index contributed by atoms with van der Waals surface area (Å²) in [6.07, 6.45) is 0.857. The van der Waals surface area contributed by atoms with Crippen LogP contribution in [0.2, 0.25) is 5.02 Å². The van der Waals surface area contributed by atoms with E-state index in [4.69, 9.17) is 22.1 Å². The zero-order valence-corrected chi connectivity index (χ0v) is 18.2. The highest BCUT2D eigenvalue weighted by Crippen LogP contribution is 2.30. The van der Waals surface area contributed by atoms with Crippen LogP contribution in [0.1, 0.15) is 22.6 Å². The molecule has 150 valence electrons. The van der Waals surface area contributed by atoms with Gasteiger partial charge in [-0.15, -0.1) is 24.8 Å². The number of benzene rings is 1. The van der Waals surface area contributed by atoms with Crippen LogP contribution in [-0.4, -0.2) is 53.5 Å². The number of amides is 1. The van der Waals surface area contributed by atoms with E-state index >= 15 is 0 Å². The second kappa shape index (κ2) is 10.2. The predicted octanol–water partition coefficient (Wildman–Crippen LogP) is 3.29. The summed E-state index contributed by atoms with van der Waals surface area (Å²) in [6.45, 7) is 4.70. The molecule has 27 heavy (non-hydrogen) atoms. The summed E-state index contributed by atoms with van der Waals surface area (Å²) in [7, 11) is 1.52. The van der Waals surface area contributed by atoms with Gasteiger partial charge in [0.25, 0.3) is 5.91 Å². The van der Waals surface area contributed by atoms with E-state index < -0.39 is 0 Å². The average molecular weight is 455 g/mol. The number of aromatic nitrogens is 2. The third-order valence-corrected chi connectivity index (χ3v) is 5.32. The number of aryl methyl sites for hydroxylation is 1. The van der Waals surface area contributed by atoms with Gasteiger partial charge in [0.1, 0.15) is 11.6 Å². The van der Waals surface area contributed by atoms with E-state index in [0.717, 1.165) is 23.9 Å². The number of rotatable bonds is 3. The number of anilines is 2. The Balaban J connectivity index is 0.00000182. The first kappa shape index (κ1) is 23.6. The number of hydrogen-bond donors (Lipinski definition) is 1. The van der Waals surface area contributed by atoms with Crippen molar-refractivity contribution in [2.24, 2.45) is 0 Å². The second-order valence-corrected chi connectivity index (χ2v) is 6.97. The first-order valence-corrected chi connectivity index (χ1v) is 9.12. The number of nitrogens with zero attached hydrogens (tertiary/aromatic N) is 4. The van der Waals surface area contributed by atoms with E-state index in [9.17, 15) is 4.79 Å². The summed E-state index contributed by atoms with van der Waals surface area (Å²) in [5.74, 6) is 1.11. The molecule has 0 aliphatic carbocycles.